The molecule has 1 atom stereocenters. The first kappa shape index (κ1) is 18.9. The summed E-state index contributed by atoms with van der Waals surface area (Å²) in [5, 5.41) is 1.01. The molecular formula is C20H26N2O3S. The molecule has 0 saturated carbocycles. The van der Waals surface area contributed by atoms with Gasteiger partial charge in [0.25, 0.3) is 0 Å². The number of methoxy groups -OCH3 is 1. The van der Waals surface area contributed by atoms with Crippen molar-refractivity contribution < 1.29 is 14.3 Å². The van der Waals surface area contributed by atoms with Crippen molar-refractivity contribution in [2.45, 2.75) is 45.8 Å². The van der Waals surface area contributed by atoms with Crippen LogP contribution in [0.5, 0.6) is 5.75 Å². The Balaban J connectivity index is 1.72. The van der Waals surface area contributed by atoms with E-state index in [0.717, 1.165) is 46.3 Å². The molecule has 5 nitrogen and oxygen atoms in total. The van der Waals surface area contributed by atoms with Gasteiger partial charge in [-0.05, 0) is 44.4 Å². The maximum Gasteiger partial charge on any atom is 0.228 e. The first-order chi connectivity index (χ1) is 12.5. The van der Waals surface area contributed by atoms with Crippen LogP contribution in [0.4, 0.5) is 0 Å². The maximum atomic E-state index is 13.0. The molecule has 1 unspecified atom stereocenters. The van der Waals surface area contributed by atoms with Crippen molar-refractivity contribution in [2.75, 3.05) is 20.3 Å². The van der Waals surface area contributed by atoms with Gasteiger partial charge in [-0.15, -0.1) is 11.3 Å². The fraction of sp³-hybridized carbons (Fsp3) is 0.500. The number of benzene rings is 1. The molecule has 0 aliphatic carbocycles. The van der Waals surface area contributed by atoms with Gasteiger partial charge in [0.05, 0.1) is 30.3 Å². The number of aryl methyl sites for hydroxylation is 2. The molecule has 3 rings (SSSR count). The molecule has 0 spiro atoms. The van der Waals surface area contributed by atoms with E-state index in [1.807, 2.05) is 43.0 Å². The van der Waals surface area contributed by atoms with Crippen LogP contribution in [0.1, 0.15) is 34.0 Å². The lowest BCUT2D eigenvalue weighted by molar-refractivity contribution is -0.132. The summed E-state index contributed by atoms with van der Waals surface area (Å²) in [5.74, 6) is 0.949. The second-order valence-corrected chi connectivity index (χ2v) is 7.96. The van der Waals surface area contributed by atoms with E-state index >= 15 is 0 Å². The first-order valence-corrected chi connectivity index (χ1v) is 9.82. The summed E-state index contributed by atoms with van der Waals surface area (Å²) in [7, 11) is 1.65. The van der Waals surface area contributed by atoms with Crippen molar-refractivity contribution in [3.8, 4) is 5.75 Å². The minimum atomic E-state index is 0.128. The maximum absolute atomic E-state index is 13.0. The summed E-state index contributed by atoms with van der Waals surface area (Å²) in [6.45, 7) is 5.97. The summed E-state index contributed by atoms with van der Waals surface area (Å²) >= 11 is 1.61. The van der Waals surface area contributed by atoms with Gasteiger partial charge in [-0.1, -0.05) is 12.1 Å². The molecule has 26 heavy (non-hydrogen) atoms. The topological polar surface area (TPSA) is 51.7 Å². The number of hydrogen-bond donors (Lipinski definition) is 0. The Bertz CT molecular complexity index is 736. The van der Waals surface area contributed by atoms with Crippen molar-refractivity contribution in [1.29, 1.82) is 0 Å². The summed E-state index contributed by atoms with van der Waals surface area (Å²) in [6.07, 6.45) is 2.63. The van der Waals surface area contributed by atoms with Gasteiger partial charge in [-0.25, -0.2) is 4.98 Å². The lowest BCUT2D eigenvalue weighted by atomic mass is 10.1. The zero-order chi connectivity index (χ0) is 18.5. The van der Waals surface area contributed by atoms with Crippen molar-refractivity contribution in [3.05, 3.63) is 45.4 Å². The van der Waals surface area contributed by atoms with Crippen LogP contribution < -0.4 is 4.74 Å². The minimum Gasteiger partial charge on any atom is -0.497 e. The SMILES string of the molecule is COc1ccc(CN(CC2CCCO2)C(=O)Cc2sc(C)nc2C)cc1. The molecule has 1 aliphatic heterocycles. The third-order valence-electron chi connectivity index (χ3n) is 4.64. The van der Waals surface area contributed by atoms with Gasteiger partial charge < -0.3 is 14.4 Å². The van der Waals surface area contributed by atoms with Gasteiger partial charge in [0.15, 0.2) is 0 Å². The van der Waals surface area contributed by atoms with E-state index in [1.54, 1.807) is 18.4 Å². The second-order valence-electron chi connectivity index (χ2n) is 6.68. The minimum absolute atomic E-state index is 0.128. The smallest absolute Gasteiger partial charge is 0.228 e. The largest absolute Gasteiger partial charge is 0.497 e. The molecule has 0 bridgehead atoms. The fourth-order valence-electron chi connectivity index (χ4n) is 3.23. The van der Waals surface area contributed by atoms with Gasteiger partial charge >= 0.3 is 0 Å². The average Bonchev–Trinajstić information content (AvgIpc) is 3.24. The predicted molar refractivity (Wildman–Crippen MR) is 103 cm³/mol. The Hall–Kier alpha value is -1.92. The van der Waals surface area contributed by atoms with Crippen LogP contribution in [0.15, 0.2) is 24.3 Å². The van der Waals surface area contributed by atoms with Crippen LogP contribution >= 0.6 is 11.3 Å². The van der Waals surface area contributed by atoms with E-state index < -0.39 is 0 Å². The standard InChI is InChI=1S/C20H26N2O3S/c1-14-19(26-15(2)21-14)11-20(23)22(13-18-5-4-10-25-18)12-16-6-8-17(24-3)9-7-16/h6-9,18H,4-5,10-13H2,1-3H3. The zero-order valence-electron chi connectivity index (χ0n) is 15.7. The monoisotopic (exact) mass is 374 g/mol. The normalized spacial score (nSPS) is 16.7. The van der Waals surface area contributed by atoms with E-state index in [9.17, 15) is 4.79 Å². The quantitative estimate of drug-likeness (QED) is 0.744. The van der Waals surface area contributed by atoms with Gasteiger partial charge in [-0.3, -0.25) is 4.79 Å². The number of aromatic nitrogens is 1. The summed E-state index contributed by atoms with van der Waals surface area (Å²) in [4.78, 5) is 20.4. The molecule has 1 aromatic heterocycles. The van der Waals surface area contributed by atoms with E-state index in [1.165, 1.54) is 0 Å². The lowest BCUT2D eigenvalue weighted by Crippen LogP contribution is -2.37. The van der Waals surface area contributed by atoms with Crippen LogP contribution in [0, 0.1) is 13.8 Å². The third-order valence-corrected chi connectivity index (χ3v) is 5.72. The van der Waals surface area contributed by atoms with Gasteiger partial charge in [0.2, 0.25) is 5.91 Å². The highest BCUT2D eigenvalue weighted by atomic mass is 32.1. The summed E-state index contributed by atoms with van der Waals surface area (Å²) < 4.78 is 11.0. The number of amides is 1. The van der Waals surface area contributed by atoms with Crippen LogP contribution in [-0.2, 0) is 22.5 Å². The van der Waals surface area contributed by atoms with Crippen LogP contribution in [0.2, 0.25) is 0 Å². The molecule has 1 aromatic carbocycles. The molecule has 0 radical (unpaired) electrons. The molecule has 1 aliphatic rings. The number of ether oxygens (including phenoxy) is 2. The Morgan fingerprint density at radius 3 is 2.69 bits per heavy atom. The summed E-state index contributed by atoms with van der Waals surface area (Å²) in [6, 6.07) is 7.88. The Kier molecular flexibility index (Phi) is 6.27. The van der Waals surface area contributed by atoms with Gasteiger partial charge in [0, 0.05) is 24.6 Å². The molecule has 1 amide bonds. The van der Waals surface area contributed by atoms with Crippen LogP contribution in [-0.4, -0.2) is 42.2 Å². The first-order valence-electron chi connectivity index (χ1n) is 9.00. The molecule has 6 heteroatoms. The molecule has 2 aromatic rings. The molecule has 1 saturated heterocycles. The third kappa shape index (κ3) is 4.83. The Morgan fingerprint density at radius 2 is 2.12 bits per heavy atom. The fourth-order valence-corrected chi connectivity index (χ4v) is 4.15. The predicted octanol–water partition coefficient (Wildman–Crippen LogP) is 3.52. The van der Waals surface area contributed by atoms with E-state index in [4.69, 9.17) is 9.47 Å². The number of carbonyl (C=O) groups excluding carboxylic acids is 1. The number of nitrogens with zero attached hydrogens (tertiary/aromatic N) is 2. The van der Waals surface area contributed by atoms with Crippen molar-refractivity contribution in [1.82, 2.24) is 9.88 Å². The van der Waals surface area contributed by atoms with Crippen molar-refractivity contribution in [2.24, 2.45) is 0 Å². The van der Waals surface area contributed by atoms with Gasteiger partial charge in [-0.2, -0.15) is 0 Å². The molecule has 0 N–H and O–H groups in total. The Labute approximate surface area is 159 Å². The molecular weight excluding hydrogens is 348 g/mol. The molecule has 2 heterocycles. The average molecular weight is 375 g/mol. The highest BCUT2D eigenvalue weighted by molar-refractivity contribution is 7.11. The highest BCUT2D eigenvalue weighted by Crippen LogP contribution is 2.21. The van der Waals surface area contributed by atoms with Crippen molar-refractivity contribution >= 4 is 17.2 Å². The summed E-state index contributed by atoms with van der Waals surface area (Å²) in [5.41, 5.74) is 2.05. The Morgan fingerprint density at radius 1 is 1.35 bits per heavy atom. The molecule has 1 fully saturated rings. The van der Waals surface area contributed by atoms with Crippen LogP contribution in [0.3, 0.4) is 0 Å². The van der Waals surface area contributed by atoms with Crippen molar-refractivity contribution in [3.63, 3.8) is 0 Å². The number of thiazole rings is 1. The lowest BCUT2D eigenvalue weighted by Gasteiger charge is -2.25. The highest BCUT2D eigenvalue weighted by Gasteiger charge is 2.24. The van der Waals surface area contributed by atoms with Crippen LogP contribution in [0.25, 0.3) is 0 Å². The van der Waals surface area contributed by atoms with E-state index in [0.29, 0.717) is 19.5 Å². The second kappa shape index (κ2) is 8.64. The van der Waals surface area contributed by atoms with E-state index in [2.05, 4.69) is 4.98 Å². The molecule has 140 valence electrons. The zero-order valence-corrected chi connectivity index (χ0v) is 16.5. The number of carbonyl (C=O) groups is 1. The van der Waals surface area contributed by atoms with E-state index in [-0.39, 0.29) is 12.0 Å². The van der Waals surface area contributed by atoms with Gasteiger partial charge in [0.1, 0.15) is 5.75 Å². The number of hydrogen-bond acceptors (Lipinski definition) is 5. The number of rotatable bonds is 7.